The second-order valence-electron chi connectivity index (χ2n) is 4.01. The minimum Gasteiger partial charge on any atom is -0.508 e. The predicted molar refractivity (Wildman–Crippen MR) is 70.9 cm³/mol. The molecule has 1 aromatic carbocycles. The molecule has 4 N–H and O–H groups in total. The van der Waals surface area contributed by atoms with E-state index in [1.54, 1.807) is 18.2 Å². The van der Waals surface area contributed by atoms with E-state index in [9.17, 15) is 5.11 Å². The van der Waals surface area contributed by atoms with Gasteiger partial charge in [0.05, 0.1) is 0 Å². The fourth-order valence-electron chi connectivity index (χ4n) is 1.73. The van der Waals surface area contributed by atoms with Crippen molar-refractivity contribution in [1.29, 1.82) is 0 Å². The van der Waals surface area contributed by atoms with Gasteiger partial charge < -0.3 is 10.5 Å². The SMILES string of the molecule is CCCc1cc(NN)nc(-c2cccc(O)c2)n1. The molecule has 0 spiro atoms. The molecule has 18 heavy (non-hydrogen) atoms. The number of nitrogens with zero attached hydrogens (tertiary/aromatic N) is 2. The summed E-state index contributed by atoms with van der Waals surface area (Å²) in [4.78, 5) is 8.75. The average molecular weight is 244 g/mol. The summed E-state index contributed by atoms with van der Waals surface area (Å²) < 4.78 is 0. The van der Waals surface area contributed by atoms with Crippen LogP contribution in [0.2, 0.25) is 0 Å². The number of aromatic hydroxyl groups is 1. The first-order valence-corrected chi connectivity index (χ1v) is 5.87. The molecule has 0 aliphatic carbocycles. The summed E-state index contributed by atoms with van der Waals surface area (Å²) in [6.45, 7) is 2.09. The molecule has 0 aliphatic heterocycles. The monoisotopic (exact) mass is 244 g/mol. The first-order valence-electron chi connectivity index (χ1n) is 5.87. The second-order valence-corrected chi connectivity index (χ2v) is 4.01. The number of nitrogens with two attached hydrogens (primary N) is 1. The van der Waals surface area contributed by atoms with Crippen molar-refractivity contribution in [3.05, 3.63) is 36.0 Å². The highest BCUT2D eigenvalue weighted by Gasteiger charge is 2.06. The number of anilines is 1. The predicted octanol–water partition coefficient (Wildman–Crippen LogP) is 2.09. The summed E-state index contributed by atoms with van der Waals surface area (Å²) in [7, 11) is 0. The Morgan fingerprint density at radius 1 is 1.28 bits per heavy atom. The van der Waals surface area contributed by atoms with Crippen LogP contribution in [0.1, 0.15) is 19.0 Å². The van der Waals surface area contributed by atoms with E-state index in [-0.39, 0.29) is 5.75 Å². The number of aryl methyl sites for hydroxylation is 1. The van der Waals surface area contributed by atoms with Gasteiger partial charge in [0.25, 0.3) is 0 Å². The molecule has 0 amide bonds. The highest BCUT2D eigenvalue weighted by atomic mass is 16.3. The summed E-state index contributed by atoms with van der Waals surface area (Å²) in [5, 5.41) is 9.48. The molecule has 0 saturated carbocycles. The molecule has 0 radical (unpaired) electrons. The van der Waals surface area contributed by atoms with E-state index in [0.29, 0.717) is 11.6 Å². The largest absolute Gasteiger partial charge is 0.508 e. The Hall–Kier alpha value is -2.14. The molecule has 94 valence electrons. The normalized spacial score (nSPS) is 10.3. The third kappa shape index (κ3) is 2.75. The highest BCUT2D eigenvalue weighted by Crippen LogP contribution is 2.21. The van der Waals surface area contributed by atoms with Crippen LogP contribution in [-0.2, 0) is 6.42 Å². The summed E-state index contributed by atoms with van der Waals surface area (Å²) >= 11 is 0. The molecule has 2 aromatic rings. The van der Waals surface area contributed by atoms with Gasteiger partial charge in [0.1, 0.15) is 11.6 Å². The van der Waals surface area contributed by atoms with E-state index in [1.165, 1.54) is 0 Å². The molecule has 5 heteroatoms. The number of hydrazine groups is 1. The number of phenolic OH excluding ortho intramolecular Hbond substituents is 1. The maximum absolute atomic E-state index is 9.48. The van der Waals surface area contributed by atoms with Crippen LogP contribution in [0.3, 0.4) is 0 Å². The van der Waals surface area contributed by atoms with E-state index in [0.717, 1.165) is 24.1 Å². The van der Waals surface area contributed by atoms with Crippen molar-refractivity contribution >= 4 is 5.82 Å². The van der Waals surface area contributed by atoms with Gasteiger partial charge in [-0.05, 0) is 18.6 Å². The maximum atomic E-state index is 9.48. The van der Waals surface area contributed by atoms with Crippen molar-refractivity contribution in [1.82, 2.24) is 9.97 Å². The van der Waals surface area contributed by atoms with Crippen LogP contribution in [0.5, 0.6) is 5.75 Å². The van der Waals surface area contributed by atoms with Crippen LogP contribution >= 0.6 is 0 Å². The standard InChI is InChI=1S/C13H16N4O/c1-2-4-10-8-12(17-14)16-13(15-10)9-5-3-6-11(18)7-9/h3,5-8,18H,2,4,14H2,1H3,(H,15,16,17). The lowest BCUT2D eigenvalue weighted by molar-refractivity contribution is 0.475. The van der Waals surface area contributed by atoms with E-state index in [2.05, 4.69) is 22.3 Å². The van der Waals surface area contributed by atoms with Gasteiger partial charge in [-0.2, -0.15) is 0 Å². The zero-order valence-electron chi connectivity index (χ0n) is 10.2. The fraction of sp³-hybridized carbons (Fsp3) is 0.231. The van der Waals surface area contributed by atoms with E-state index in [1.807, 2.05) is 12.1 Å². The van der Waals surface area contributed by atoms with Gasteiger partial charge >= 0.3 is 0 Å². The Balaban J connectivity index is 2.46. The molecular weight excluding hydrogens is 228 g/mol. The Morgan fingerprint density at radius 2 is 2.11 bits per heavy atom. The van der Waals surface area contributed by atoms with Crippen molar-refractivity contribution in [2.45, 2.75) is 19.8 Å². The molecule has 1 heterocycles. The van der Waals surface area contributed by atoms with Gasteiger partial charge in [0.2, 0.25) is 0 Å². The molecule has 0 unspecified atom stereocenters. The average Bonchev–Trinajstić information content (AvgIpc) is 2.39. The lowest BCUT2D eigenvalue weighted by Gasteiger charge is -2.07. The molecular formula is C13H16N4O. The molecule has 5 nitrogen and oxygen atoms in total. The number of nitrogen functional groups attached to an aromatic ring is 1. The Bertz CT molecular complexity index is 542. The van der Waals surface area contributed by atoms with E-state index < -0.39 is 0 Å². The van der Waals surface area contributed by atoms with Crippen LogP contribution in [-0.4, -0.2) is 15.1 Å². The van der Waals surface area contributed by atoms with Crippen molar-refractivity contribution in [3.63, 3.8) is 0 Å². The van der Waals surface area contributed by atoms with E-state index in [4.69, 9.17) is 5.84 Å². The number of benzene rings is 1. The van der Waals surface area contributed by atoms with Crippen molar-refractivity contribution < 1.29 is 5.11 Å². The van der Waals surface area contributed by atoms with Gasteiger partial charge in [0.15, 0.2) is 5.82 Å². The van der Waals surface area contributed by atoms with Crippen molar-refractivity contribution in [2.75, 3.05) is 5.43 Å². The second kappa shape index (κ2) is 5.46. The van der Waals surface area contributed by atoms with Crippen LogP contribution in [0.15, 0.2) is 30.3 Å². The topological polar surface area (TPSA) is 84.1 Å². The zero-order chi connectivity index (χ0) is 13.0. The van der Waals surface area contributed by atoms with Crippen LogP contribution < -0.4 is 11.3 Å². The molecule has 0 aliphatic rings. The quantitative estimate of drug-likeness (QED) is 0.566. The van der Waals surface area contributed by atoms with Crippen LogP contribution in [0.25, 0.3) is 11.4 Å². The summed E-state index contributed by atoms with van der Waals surface area (Å²) in [5.41, 5.74) is 4.23. The minimum absolute atomic E-state index is 0.194. The van der Waals surface area contributed by atoms with Crippen LogP contribution in [0, 0.1) is 0 Å². The summed E-state index contributed by atoms with van der Waals surface area (Å²) in [6, 6.07) is 8.68. The Morgan fingerprint density at radius 3 is 2.78 bits per heavy atom. The molecule has 0 saturated heterocycles. The smallest absolute Gasteiger partial charge is 0.161 e. The maximum Gasteiger partial charge on any atom is 0.161 e. The third-order valence-electron chi connectivity index (χ3n) is 2.54. The Kier molecular flexibility index (Phi) is 3.74. The third-order valence-corrected chi connectivity index (χ3v) is 2.54. The van der Waals surface area contributed by atoms with Gasteiger partial charge in [-0.3, -0.25) is 0 Å². The van der Waals surface area contributed by atoms with Gasteiger partial charge in [-0.25, -0.2) is 15.8 Å². The highest BCUT2D eigenvalue weighted by molar-refractivity contribution is 5.59. The molecule has 0 atom stereocenters. The zero-order valence-corrected chi connectivity index (χ0v) is 10.2. The lowest BCUT2D eigenvalue weighted by atomic mass is 10.2. The lowest BCUT2D eigenvalue weighted by Crippen LogP contribution is -2.10. The van der Waals surface area contributed by atoms with Gasteiger partial charge in [0, 0.05) is 17.3 Å². The molecule has 0 fully saturated rings. The number of rotatable bonds is 4. The van der Waals surface area contributed by atoms with Crippen LogP contribution in [0.4, 0.5) is 5.82 Å². The van der Waals surface area contributed by atoms with Crippen molar-refractivity contribution in [3.8, 4) is 17.1 Å². The minimum atomic E-state index is 0.194. The number of hydrogen-bond acceptors (Lipinski definition) is 5. The number of nitrogens with one attached hydrogen (secondary N) is 1. The Labute approximate surface area is 106 Å². The van der Waals surface area contributed by atoms with Gasteiger partial charge in [-0.15, -0.1) is 0 Å². The number of hydrogen-bond donors (Lipinski definition) is 3. The number of aromatic nitrogens is 2. The first kappa shape index (κ1) is 12.3. The van der Waals surface area contributed by atoms with E-state index >= 15 is 0 Å². The summed E-state index contributed by atoms with van der Waals surface area (Å²) in [6.07, 6.45) is 1.86. The number of phenols is 1. The molecule has 2 rings (SSSR count). The molecule has 1 aromatic heterocycles. The van der Waals surface area contributed by atoms with Crippen molar-refractivity contribution in [2.24, 2.45) is 5.84 Å². The fourth-order valence-corrected chi connectivity index (χ4v) is 1.73. The first-order chi connectivity index (χ1) is 8.72. The van der Waals surface area contributed by atoms with Gasteiger partial charge in [-0.1, -0.05) is 25.5 Å². The molecule has 0 bridgehead atoms. The summed E-state index contributed by atoms with van der Waals surface area (Å²) in [5.74, 6) is 6.73.